The maximum absolute atomic E-state index is 11.7. The number of anilines is 1. The Hall–Kier alpha value is -2.04. The Bertz CT molecular complexity index is 408. The van der Waals surface area contributed by atoms with Gasteiger partial charge in [-0.15, -0.1) is 0 Å². The highest BCUT2D eigenvalue weighted by Crippen LogP contribution is 2.19. The third-order valence-corrected chi connectivity index (χ3v) is 2.38. The van der Waals surface area contributed by atoms with Crippen molar-refractivity contribution in [3.63, 3.8) is 0 Å². The summed E-state index contributed by atoms with van der Waals surface area (Å²) in [5, 5.41) is 9.87. The highest BCUT2D eigenvalue weighted by Gasteiger charge is 2.12. The number of benzene rings is 1. The van der Waals surface area contributed by atoms with Crippen LogP contribution in [0.15, 0.2) is 18.2 Å². The molecular formula is C11H16N4O. The fourth-order valence-corrected chi connectivity index (χ4v) is 1.31. The Morgan fingerprint density at radius 3 is 2.31 bits per heavy atom. The molecule has 2 amide bonds. The van der Waals surface area contributed by atoms with Crippen molar-refractivity contribution < 1.29 is 4.79 Å². The molecule has 1 aromatic rings. The Morgan fingerprint density at radius 1 is 1.38 bits per heavy atom. The first-order chi connectivity index (χ1) is 7.43. The Morgan fingerprint density at radius 2 is 1.88 bits per heavy atom. The molecule has 16 heavy (non-hydrogen) atoms. The molecule has 0 aliphatic heterocycles. The van der Waals surface area contributed by atoms with Crippen LogP contribution in [0.5, 0.6) is 0 Å². The van der Waals surface area contributed by atoms with Crippen molar-refractivity contribution in [3.05, 3.63) is 29.3 Å². The number of rotatable bonds is 1. The summed E-state index contributed by atoms with van der Waals surface area (Å²) >= 11 is 0. The van der Waals surface area contributed by atoms with E-state index >= 15 is 0 Å². The lowest BCUT2D eigenvalue weighted by molar-refractivity contribution is 0.238. The number of nitrogens with two attached hydrogens (primary N) is 1. The summed E-state index contributed by atoms with van der Waals surface area (Å²) in [6.45, 7) is 3.83. The molecule has 0 saturated heterocycles. The third-order valence-electron chi connectivity index (χ3n) is 2.38. The van der Waals surface area contributed by atoms with Crippen molar-refractivity contribution in [2.45, 2.75) is 13.8 Å². The highest BCUT2D eigenvalue weighted by molar-refractivity contribution is 6.01. The molecule has 0 aromatic heterocycles. The first-order valence-corrected chi connectivity index (χ1v) is 4.88. The number of carbonyl (C=O) groups is 1. The van der Waals surface area contributed by atoms with Gasteiger partial charge in [-0.25, -0.2) is 4.79 Å². The lowest BCUT2D eigenvalue weighted by Gasteiger charge is -2.17. The molecule has 1 rings (SSSR count). The molecule has 0 aliphatic rings. The SMILES string of the molecule is Cc1cccc(C)c1NC(=O)N(C)C(=N)N. The number of hydrogen-bond donors (Lipinski definition) is 3. The first-order valence-electron chi connectivity index (χ1n) is 4.88. The van der Waals surface area contributed by atoms with Gasteiger partial charge in [0.05, 0.1) is 0 Å². The largest absolute Gasteiger partial charge is 0.370 e. The molecule has 0 saturated carbocycles. The van der Waals surface area contributed by atoms with E-state index in [1.165, 1.54) is 7.05 Å². The predicted molar refractivity (Wildman–Crippen MR) is 64.6 cm³/mol. The fourth-order valence-electron chi connectivity index (χ4n) is 1.31. The van der Waals surface area contributed by atoms with Gasteiger partial charge in [0.1, 0.15) is 0 Å². The molecule has 0 heterocycles. The number of aryl methyl sites for hydroxylation is 2. The number of para-hydroxylation sites is 1. The van der Waals surface area contributed by atoms with Crippen LogP contribution in [0.4, 0.5) is 10.5 Å². The van der Waals surface area contributed by atoms with Gasteiger partial charge in [-0.05, 0) is 25.0 Å². The van der Waals surface area contributed by atoms with Crippen LogP contribution >= 0.6 is 0 Å². The summed E-state index contributed by atoms with van der Waals surface area (Å²) in [6.07, 6.45) is 0. The molecule has 0 spiro atoms. The monoisotopic (exact) mass is 220 g/mol. The molecule has 1 aromatic carbocycles. The minimum Gasteiger partial charge on any atom is -0.370 e. The summed E-state index contributed by atoms with van der Waals surface area (Å²) in [7, 11) is 1.45. The van der Waals surface area contributed by atoms with E-state index < -0.39 is 6.03 Å². The molecular weight excluding hydrogens is 204 g/mol. The van der Waals surface area contributed by atoms with Gasteiger partial charge in [0.25, 0.3) is 0 Å². The maximum Gasteiger partial charge on any atom is 0.328 e. The molecule has 5 nitrogen and oxygen atoms in total. The number of carbonyl (C=O) groups excluding carboxylic acids is 1. The van der Waals surface area contributed by atoms with E-state index in [0.717, 1.165) is 21.7 Å². The molecule has 0 unspecified atom stereocenters. The Balaban J connectivity index is 2.89. The van der Waals surface area contributed by atoms with Crippen molar-refractivity contribution in [1.29, 1.82) is 5.41 Å². The highest BCUT2D eigenvalue weighted by atomic mass is 16.2. The summed E-state index contributed by atoms with van der Waals surface area (Å²) in [5.41, 5.74) is 7.93. The standard InChI is InChI=1S/C11H16N4O/c1-7-5-4-6-8(2)9(7)14-11(16)15(3)10(12)13/h4-6H,1-3H3,(H3,12,13)(H,14,16). The van der Waals surface area contributed by atoms with E-state index in [0.29, 0.717) is 0 Å². The van der Waals surface area contributed by atoms with Gasteiger partial charge in [-0.1, -0.05) is 18.2 Å². The second kappa shape index (κ2) is 4.65. The van der Waals surface area contributed by atoms with Crippen LogP contribution in [0.3, 0.4) is 0 Å². The van der Waals surface area contributed by atoms with E-state index in [1.54, 1.807) is 0 Å². The van der Waals surface area contributed by atoms with Crippen LogP contribution in [0.1, 0.15) is 11.1 Å². The lowest BCUT2D eigenvalue weighted by Crippen LogP contribution is -2.40. The van der Waals surface area contributed by atoms with Crippen molar-refractivity contribution in [2.75, 3.05) is 12.4 Å². The van der Waals surface area contributed by atoms with E-state index in [-0.39, 0.29) is 5.96 Å². The Labute approximate surface area is 94.8 Å². The van der Waals surface area contributed by atoms with Crippen molar-refractivity contribution in [1.82, 2.24) is 4.90 Å². The van der Waals surface area contributed by atoms with Crippen molar-refractivity contribution in [2.24, 2.45) is 5.73 Å². The Kier molecular flexibility index (Phi) is 3.50. The zero-order valence-electron chi connectivity index (χ0n) is 9.66. The first kappa shape index (κ1) is 12.0. The van der Waals surface area contributed by atoms with E-state index in [2.05, 4.69) is 5.32 Å². The van der Waals surface area contributed by atoms with Crippen molar-refractivity contribution >= 4 is 17.7 Å². The molecule has 0 bridgehead atoms. The average Bonchev–Trinajstić information content (AvgIpc) is 2.22. The van der Waals surface area contributed by atoms with Crippen LogP contribution in [0.25, 0.3) is 0 Å². The third kappa shape index (κ3) is 2.50. The number of nitrogens with one attached hydrogen (secondary N) is 2. The zero-order chi connectivity index (χ0) is 12.3. The summed E-state index contributed by atoms with van der Waals surface area (Å²) in [6, 6.07) is 5.34. The average molecular weight is 220 g/mol. The van der Waals surface area contributed by atoms with Gasteiger partial charge in [0, 0.05) is 12.7 Å². The normalized spacial score (nSPS) is 9.69. The number of amides is 2. The van der Waals surface area contributed by atoms with Crippen LogP contribution < -0.4 is 11.1 Å². The van der Waals surface area contributed by atoms with E-state index in [9.17, 15) is 4.79 Å². The molecule has 0 fully saturated rings. The predicted octanol–water partition coefficient (Wildman–Crippen LogP) is 1.66. The summed E-state index contributed by atoms with van der Waals surface area (Å²) < 4.78 is 0. The number of hydrogen-bond acceptors (Lipinski definition) is 2. The number of urea groups is 1. The summed E-state index contributed by atoms with van der Waals surface area (Å²) in [5.74, 6) is -0.288. The summed E-state index contributed by atoms with van der Waals surface area (Å²) in [4.78, 5) is 12.7. The van der Waals surface area contributed by atoms with Crippen LogP contribution in [0, 0.1) is 19.3 Å². The van der Waals surface area contributed by atoms with Gasteiger partial charge in [0.15, 0.2) is 5.96 Å². The smallest absolute Gasteiger partial charge is 0.328 e. The topological polar surface area (TPSA) is 82.2 Å². The van der Waals surface area contributed by atoms with Gasteiger partial charge >= 0.3 is 6.03 Å². The second-order valence-electron chi connectivity index (χ2n) is 3.64. The molecule has 4 N–H and O–H groups in total. The molecule has 86 valence electrons. The van der Waals surface area contributed by atoms with Crippen LogP contribution in [-0.4, -0.2) is 23.9 Å². The molecule has 0 atom stereocenters. The van der Waals surface area contributed by atoms with E-state index in [4.69, 9.17) is 11.1 Å². The van der Waals surface area contributed by atoms with Crippen LogP contribution in [0.2, 0.25) is 0 Å². The van der Waals surface area contributed by atoms with Gasteiger partial charge < -0.3 is 11.1 Å². The molecule has 0 radical (unpaired) electrons. The van der Waals surface area contributed by atoms with Crippen LogP contribution in [-0.2, 0) is 0 Å². The minimum absolute atomic E-state index is 0.288. The quantitative estimate of drug-likeness (QED) is 0.497. The molecule has 0 aliphatic carbocycles. The van der Waals surface area contributed by atoms with Gasteiger partial charge in [0.2, 0.25) is 0 Å². The van der Waals surface area contributed by atoms with Crippen molar-refractivity contribution in [3.8, 4) is 0 Å². The maximum atomic E-state index is 11.7. The second-order valence-corrected chi connectivity index (χ2v) is 3.64. The fraction of sp³-hybridized carbons (Fsp3) is 0.273. The van der Waals surface area contributed by atoms with Gasteiger partial charge in [-0.2, -0.15) is 0 Å². The zero-order valence-corrected chi connectivity index (χ0v) is 9.66. The van der Waals surface area contributed by atoms with Gasteiger partial charge in [-0.3, -0.25) is 10.3 Å². The minimum atomic E-state index is -0.412. The number of nitrogens with zero attached hydrogens (tertiary/aromatic N) is 1. The van der Waals surface area contributed by atoms with E-state index in [1.807, 2.05) is 32.0 Å². The molecule has 5 heteroatoms. The lowest BCUT2D eigenvalue weighted by atomic mass is 10.1. The number of guanidine groups is 1.